The van der Waals surface area contributed by atoms with Crippen molar-refractivity contribution in [3.63, 3.8) is 0 Å². The van der Waals surface area contributed by atoms with Crippen LogP contribution in [0, 0.1) is 17.0 Å². The molecule has 7 nitrogen and oxygen atoms in total. The van der Waals surface area contributed by atoms with Gasteiger partial charge in [0.1, 0.15) is 0 Å². The Morgan fingerprint density at radius 2 is 2.00 bits per heavy atom. The average molecular weight is 322 g/mol. The van der Waals surface area contributed by atoms with Gasteiger partial charge in [-0.05, 0) is 26.8 Å². The number of nitrogens with zero attached hydrogens (tertiary/aromatic N) is 1. The fourth-order valence-corrected chi connectivity index (χ4v) is 2.90. The second-order valence-electron chi connectivity index (χ2n) is 5.12. The Morgan fingerprint density at radius 1 is 1.45 bits per heavy atom. The van der Waals surface area contributed by atoms with E-state index in [4.69, 9.17) is 17.3 Å². The Labute approximate surface area is 122 Å². The molecule has 1 aromatic rings. The molecule has 20 heavy (non-hydrogen) atoms. The smallest absolute Gasteiger partial charge is 0.275 e. The molecule has 0 heterocycles. The number of nitro groups is 1. The zero-order chi connectivity index (χ0) is 15.7. The molecule has 112 valence electrons. The lowest BCUT2D eigenvalue weighted by atomic mass is 10.1. The molecule has 1 aromatic carbocycles. The second kappa shape index (κ2) is 5.65. The van der Waals surface area contributed by atoms with E-state index in [1.807, 2.05) is 0 Å². The Hall–Kier alpha value is -1.22. The van der Waals surface area contributed by atoms with E-state index in [2.05, 4.69) is 4.72 Å². The highest BCUT2D eigenvalue weighted by Crippen LogP contribution is 2.29. The van der Waals surface area contributed by atoms with Crippen LogP contribution in [-0.2, 0) is 10.0 Å². The molecule has 0 saturated heterocycles. The number of hydrogen-bond donors (Lipinski definition) is 2. The van der Waals surface area contributed by atoms with Crippen molar-refractivity contribution in [2.75, 3.05) is 6.54 Å². The first-order valence-corrected chi connectivity index (χ1v) is 7.53. The van der Waals surface area contributed by atoms with Crippen molar-refractivity contribution >= 4 is 27.3 Å². The maximum atomic E-state index is 12.1. The van der Waals surface area contributed by atoms with E-state index < -0.39 is 20.5 Å². The molecule has 9 heteroatoms. The van der Waals surface area contributed by atoms with Gasteiger partial charge in [0.25, 0.3) is 5.69 Å². The van der Waals surface area contributed by atoms with Gasteiger partial charge < -0.3 is 5.73 Å². The van der Waals surface area contributed by atoms with Crippen molar-refractivity contribution in [1.82, 2.24) is 4.72 Å². The summed E-state index contributed by atoms with van der Waals surface area (Å²) < 4.78 is 26.4. The number of hydrogen-bond acceptors (Lipinski definition) is 5. The standard InChI is InChI=1S/C11H16ClN3O4S/c1-7-9(12)4-8(5-10(7)15(16)17)20(18,19)14-6-11(2,3)13/h4-5,14H,6,13H2,1-3H3. The molecule has 0 aliphatic carbocycles. The first kappa shape index (κ1) is 16.8. The maximum Gasteiger partial charge on any atom is 0.275 e. The number of rotatable bonds is 5. The summed E-state index contributed by atoms with van der Waals surface area (Å²) in [7, 11) is -3.91. The van der Waals surface area contributed by atoms with E-state index in [-0.39, 0.29) is 27.7 Å². The molecule has 0 aromatic heterocycles. The van der Waals surface area contributed by atoms with Crippen molar-refractivity contribution in [2.45, 2.75) is 31.2 Å². The highest BCUT2D eigenvalue weighted by atomic mass is 35.5. The minimum absolute atomic E-state index is 0.00533. The number of nitrogens with one attached hydrogen (secondary N) is 1. The van der Waals surface area contributed by atoms with E-state index in [0.29, 0.717) is 0 Å². The van der Waals surface area contributed by atoms with Crippen molar-refractivity contribution in [3.05, 3.63) is 32.8 Å². The summed E-state index contributed by atoms with van der Waals surface area (Å²) in [5, 5.41) is 10.9. The highest BCUT2D eigenvalue weighted by molar-refractivity contribution is 7.89. The quantitative estimate of drug-likeness (QED) is 0.631. The highest BCUT2D eigenvalue weighted by Gasteiger charge is 2.24. The Bertz CT molecular complexity index is 638. The molecule has 0 amide bonds. The normalized spacial score (nSPS) is 12.4. The lowest BCUT2D eigenvalue weighted by Crippen LogP contribution is -2.45. The predicted octanol–water partition coefficient (Wildman–Crippen LogP) is 1.57. The van der Waals surface area contributed by atoms with Crippen LogP contribution in [0.5, 0.6) is 0 Å². The van der Waals surface area contributed by atoms with Crippen LogP contribution in [0.2, 0.25) is 5.02 Å². The summed E-state index contributed by atoms with van der Waals surface area (Å²) >= 11 is 5.84. The lowest BCUT2D eigenvalue weighted by Gasteiger charge is -2.19. The van der Waals surface area contributed by atoms with Gasteiger partial charge >= 0.3 is 0 Å². The molecule has 0 bridgehead atoms. The molecule has 3 N–H and O–H groups in total. The second-order valence-corrected chi connectivity index (χ2v) is 7.29. The number of nitrogens with two attached hydrogens (primary N) is 1. The summed E-state index contributed by atoms with van der Waals surface area (Å²) in [5.74, 6) is 0. The van der Waals surface area contributed by atoms with Gasteiger partial charge in [0.2, 0.25) is 10.0 Å². The monoisotopic (exact) mass is 321 g/mol. The van der Waals surface area contributed by atoms with E-state index in [9.17, 15) is 18.5 Å². The number of nitro benzene ring substituents is 1. The number of benzene rings is 1. The molecular weight excluding hydrogens is 306 g/mol. The first-order valence-electron chi connectivity index (χ1n) is 5.67. The number of halogens is 1. The van der Waals surface area contributed by atoms with Crippen LogP contribution >= 0.6 is 11.6 Å². The van der Waals surface area contributed by atoms with Crippen LogP contribution < -0.4 is 10.5 Å². The van der Waals surface area contributed by atoms with Crippen molar-refractivity contribution in [2.24, 2.45) is 5.73 Å². The molecule has 0 saturated carbocycles. The van der Waals surface area contributed by atoms with Crippen LogP contribution in [0.1, 0.15) is 19.4 Å². The summed E-state index contributed by atoms with van der Waals surface area (Å²) in [5.41, 5.74) is 4.82. The Kier molecular flexibility index (Phi) is 4.75. The van der Waals surface area contributed by atoms with Crippen LogP contribution in [0.3, 0.4) is 0 Å². The van der Waals surface area contributed by atoms with Crippen molar-refractivity contribution in [3.8, 4) is 0 Å². The molecule has 0 fully saturated rings. The Morgan fingerprint density at radius 3 is 2.45 bits per heavy atom. The molecule has 0 aliphatic heterocycles. The van der Waals surface area contributed by atoms with E-state index >= 15 is 0 Å². The van der Waals surface area contributed by atoms with Crippen LogP contribution in [0.25, 0.3) is 0 Å². The first-order chi connectivity index (χ1) is 8.94. The SMILES string of the molecule is Cc1c(Cl)cc(S(=O)(=O)NCC(C)(C)N)cc1[N+](=O)[O-]. The van der Waals surface area contributed by atoms with Crippen LogP contribution in [0.15, 0.2) is 17.0 Å². The summed E-state index contributed by atoms with van der Waals surface area (Å²) in [6.07, 6.45) is 0. The molecule has 0 spiro atoms. The van der Waals surface area contributed by atoms with Gasteiger partial charge in [-0.15, -0.1) is 0 Å². The molecule has 1 rings (SSSR count). The van der Waals surface area contributed by atoms with Gasteiger partial charge in [0.05, 0.1) is 14.8 Å². The zero-order valence-corrected chi connectivity index (χ0v) is 12.9. The van der Waals surface area contributed by atoms with Gasteiger partial charge in [-0.25, -0.2) is 13.1 Å². The summed E-state index contributed by atoms with van der Waals surface area (Å²) in [6, 6.07) is 2.16. The van der Waals surface area contributed by atoms with Crippen molar-refractivity contribution < 1.29 is 13.3 Å². The maximum absolute atomic E-state index is 12.1. The Balaban J connectivity index is 3.23. The third kappa shape index (κ3) is 4.14. The predicted molar refractivity (Wildman–Crippen MR) is 76.3 cm³/mol. The minimum Gasteiger partial charge on any atom is -0.324 e. The zero-order valence-electron chi connectivity index (χ0n) is 11.3. The van der Waals surface area contributed by atoms with Gasteiger partial charge in [-0.1, -0.05) is 11.6 Å². The third-order valence-electron chi connectivity index (χ3n) is 2.52. The van der Waals surface area contributed by atoms with Crippen LogP contribution in [-0.4, -0.2) is 25.4 Å². The van der Waals surface area contributed by atoms with E-state index in [1.165, 1.54) is 13.0 Å². The number of sulfonamides is 1. The van der Waals surface area contributed by atoms with Gasteiger partial charge in [0, 0.05) is 23.7 Å². The lowest BCUT2D eigenvalue weighted by molar-refractivity contribution is -0.385. The molecule has 0 radical (unpaired) electrons. The van der Waals surface area contributed by atoms with Gasteiger partial charge in [-0.2, -0.15) is 0 Å². The minimum atomic E-state index is -3.91. The summed E-state index contributed by atoms with van der Waals surface area (Å²) in [6.45, 7) is 4.75. The third-order valence-corrected chi connectivity index (χ3v) is 4.29. The van der Waals surface area contributed by atoms with Gasteiger partial charge in [0.15, 0.2) is 0 Å². The van der Waals surface area contributed by atoms with Gasteiger partial charge in [-0.3, -0.25) is 10.1 Å². The summed E-state index contributed by atoms with van der Waals surface area (Å²) in [4.78, 5) is 9.95. The molecule has 0 unspecified atom stereocenters. The van der Waals surface area contributed by atoms with Crippen LogP contribution in [0.4, 0.5) is 5.69 Å². The fourth-order valence-electron chi connectivity index (χ4n) is 1.35. The van der Waals surface area contributed by atoms with E-state index in [1.54, 1.807) is 13.8 Å². The topological polar surface area (TPSA) is 115 Å². The molecule has 0 aliphatic rings. The fraction of sp³-hybridized carbons (Fsp3) is 0.455. The average Bonchev–Trinajstić information content (AvgIpc) is 2.28. The van der Waals surface area contributed by atoms with Crippen molar-refractivity contribution in [1.29, 1.82) is 0 Å². The molecule has 0 atom stereocenters. The molecular formula is C11H16ClN3O4S. The largest absolute Gasteiger partial charge is 0.324 e. The van der Waals surface area contributed by atoms with E-state index in [0.717, 1.165) is 6.07 Å².